The Morgan fingerprint density at radius 2 is 0.676 bits per heavy atom. The third-order valence-corrected chi connectivity index (χ3v) is 15.1. The van der Waals surface area contributed by atoms with Crippen molar-refractivity contribution >= 4 is 11.9 Å². The SMILES string of the molecule is CCCCCCCCC/C=C\CCCCCCCCCC(=O)OCCCCC/C=C\C/C=C\CCCCCCCCCC(=O)NC(CO)C(O)/C=C/CCCCCCCCCCCCCCCCCCCCCC. The van der Waals surface area contributed by atoms with E-state index in [1.54, 1.807) is 6.08 Å². The van der Waals surface area contributed by atoms with Gasteiger partial charge in [0.25, 0.3) is 0 Å². The molecule has 0 bridgehead atoms. The summed E-state index contributed by atoms with van der Waals surface area (Å²) in [7, 11) is 0. The van der Waals surface area contributed by atoms with E-state index in [1.165, 1.54) is 238 Å². The minimum absolute atomic E-state index is 0.0191. The minimum Gasteiger partial charge on any atom is -0.466 e. The highest BCUT2D eigenvalue weighted by Crippen LogP contribution is 2.17. The summed E-state index contributed by atoms with van der Waals surface area (Å²) in [5.41, 5.74) is 0. The van der Waals surface area contributed by atoms with Crippen molar-refractivity contribution in [3.05, 3.63) is 48.6 Å². The second kappa shape index (κ2) is 63.4. The van der Waals surface area contributed by atoms with Gasteiger partial charge in [0.05, 0.1) is 25.4 Å². The Labute approximate surface area is 461 Å². The molecule has 6 nitrogen and oxygen atoms in total. The van der Waals surface area contributed by atoms with E-state index in [9.17, 15) is 19.8 Å². The molecule has 0 saturated carbocycles. The number of carbonyl (C=O) groups is 2. The zero-order valence-corrected chi connectivity index (χ0v) is 49.6. The molecule has 3 N–H and O–H groups in total. The summed E-state index contributed by atoms with van der Waals surface area (Å²) < 4.78 is 5.47. The summed E-state index contributed by atoms with van der Waals surface area (Å²) in [5.74, 6) is -0.101. The zero-order valence-electron chi connectivity index (χ0n) is 49.6. The molecule has 2 atom stereocenters. The van der Waals surface area contributed by atoms with Gasteiger partial charge in [-0.1, -0.05) is 287 Å². The van der Waals surface area contributed by atoms with Crippen molar-refractivity contribution in [2.24, 2.45) is 0 Å². The van der Waals surface area contributed by atoms with Crippen molar-refractivity contribution < 1.29 is 24.5 Å². The molecule has 0 rings (SSSR count). The summed E-state index contributed by atoms with van der Waals surface area (Å²) in [6, 6.07) is -0.642. The lowest BCUT2D eigenvalue weighted by Gasteiger charge is -2.20. The number of hydrogen-bond donors (Lipinski definition) is 3. The van der Waals surface area contributed by atoms with E-state index >= 15 is 0 Å². The molecule has 0 fully saturated rings. The third kappa shape index (κ3) is 59.1. The standard InChI is InChI=1S/C68H127NO5/c1-3-5-7-9-11-13-15-17-19-21-23-24-25-26-28-32-36-40-44-48-52-56-60-66(71)65(64-70)69-67(72)61-57-53-49-45-41-37-33-29-27-31-35-39-43-47-51-55-59-63-74-68(73)62-58-54-50-46-42-38-34-30-22-20-18-16-14-12-10-8-6-4-2/h20,22,27,31,39,43,56,60,65-66,70-71H,3-19,21,23-26,28-30,32-38,40-42,44-55,57-59,61-64H2,1-2H3,(H,69,72)/b22-20-,31-27-,43-39-,60-56+. The largest absolute Gasteiger partial charge is 0.466 e. The monoisotopic (exact) mass is 1040 g/mol. The molecule has 0 aliphatic rings. The highest BCUT2D eigenvalue weighted by Gasteiger charge is 2.18. The minimum atomic E-state index is -0.857. The fourth-order valence-corrected chi connectivity index (χ4v) is 10.0. The van der Waals surface area contributed by atoms with Crippen LogP contribution in [0.25, 0.3) is 0 Å². The van der Waals surface area contributed by atoms with E-state index in [0.29, 0.717) is 19.4 Å². The van der Waals surface area contributed by atoms with Crippen LogP contribution in [-0.4, -0.2) is 47.4 Å². The van der Waals surface area contributed by atoms with E-state index < -0.39 is 12.1 Å². The Morgan fingerprint density at radius 1 is 0.378 bits per heavy atom. The van der Waals surface area contributed by atoms with Crippen LogP contribution in [0.3, 0.4) is 0 Å². The van der Waals surface area contributed by atoms with Crippen molar-refractivity contribution in [1.82, 2.24) is 5.32 Å². The molecule has 0 saturated heterocycles. The predicted octanol–water partition coefficient (Wildman–Crippen LogP) is 20.9. The van der Waals surface area contributed by atoms with Crippen molar-refractivity contribution in [2.75, 3.05) is 13.2 Å². The highest BCUT2D eigenvalue weighted by atomic mass is 16.5. The lowest BCUT2D eigenvalue weighted by Crippen LogP contribution is -2.45. The molecule has 2 unspecified atom stereocenters. The van der Waals surface area contributed by atoms with Crippen LogP contribution in [0.4, 0.5) is 0 Å². The number of ether oxygens (including phenoxy) is 1. The summed E-state index contributed by atoms with van der Waals surface area (Å²) in [5, 5.41) is 23.2. The van der Waals surface area contributed by atoms with Crippen LogP contribution in [0.2, 0.25) is 0 Å². The van der Waals surface area contributed by atoms with Gasteiger partial charge in [0, 0.05) is 12.8 Å². The van der Waals surface area contributed by atoms with Gasteiger partial charge in [0.1, 0.15) is 0 Å². The quantitative estimate of drug-likeness (QED) is 0.0320. The van der Waals surface area contributed by atoms with Gasteiger partial charge in [0.2, 0.25) is 5.91 Å². The Bertz CT molecular complexity index is 1240. The number of amides is 1. The molecule has 0 radical (unpaired) electrons. The molecule has 0 spiro atoms. The molecule has 0 aromatic carbocycles. The topological polar surface area (TPSA) is 95.9 Å². The van der Waals surface area contributed by atoms with E-state index in [1.807, 2.05) is 6.08 Å². The first kappa shape index (κ1) is 71.8. The second-order valence-electron chi connectivity index (χ2n) is 22.4. The fraction of sp³-hybridized carbons (Fsp3) is 0.853. The number of hydrogen-bond acceptors (Lipinski definition) is 5. The lowest BCUT2D eigenvalue weighted by atomic mass is 10.0. The number of esters is 1. The van der Waals surface area contributed by atoms with Gasteiger partial charge in [-0.2, -0.15) is 0 Å². The average Bonchev–Trinajstić information content (AvgIpc) is 3.40. The van der Waals surface area contributed by atoms with E-state index in [-0.39, 0.29) is 18.5 Å². The summed E-state index contributed by atoms with van der Waals surface area (Å²) in [6.45, 7) is 4.88. The van der Waals surface area contributed by atoms with Crippen LogP contribution < -0.4 is 5.32 Å². The first-order valence-corrected chi connectivity index (χ1v) is 32.9. The smallest absolute Gasteiger partial charge is 0.305 e. The third-order valence-electron chi connectivity index (χ3n) is 15.1. The van der Waals surface area contributed by atoms with Crippen LogP contribution in [-0.2, 0) is 14.3 Å². The molecule has 0 aliphatic heterocycles. The normalized spacial score (nSPS) is 12.9. The average molecular weight is 1040 g/mol. The molecular weight excluding hydrogens is 911 g/mol. The summed E-state index contributed by atoms with van der Waals surface area (Å²) in [6.07, 6.45) is 81.6. The van der Waals surface area contributed by atoms with Crippen LogP contribution in [0.5, 0.6) is 0 Å². The van der Waals surface area contributed by atoms with Gasteiger partial charge in [-0.05, 0) is 96.3 Å². The van der Waals surface area contributed by atoms with Gasteiger partial charge in [-0.3, -0.25) is 9.59 Å². The molecule has 0 heterocycles. The van der Waals surface area contributed by atoms with Crippen LogP contribution in [0, 0.1) is 0 Å². The van der Waals surface area contributed by atoms with Crippen molar-refractivity contribution in [2.45, 2.75) is 360 Å². The molecule has 6 heteroatoms. The second-order valence-corrected chi connectivity index (χ2v) is 22.4. The predicted molar refractivity (Wildman–Crippen MR) is 324 cm³/mol. The number of aliphatic hydroxyl groups is 2. The Morgan fingerprint density at radius 3 is 1.04 bits per heavy atom. The zero-order chi connectivity index (χ0) is 53.6. The lowest BCUT2D eigenvalue weighted by molar-refractivity contribution is -0.143. The van der Waals surface area contributed by atoms with Gasteiger partial charge in [0.15, 0.2) is 0 Å². The highest BCUT2D eigenvalue weighted by molar-refractivity contribution is 5.76. The Hall–Kier alpha value is -2.18. The van der Waals surface area contributed by atoms with Gasteiger partial charge < -0.3 is 20.3 Å². The maximum absolute atomic E-state index is 12.5. The number of unbranched alkanes of at least 4 members (excludes halogenated alkanes) is 44. The number of nitrogens with one attached hydrogen (secondary N) is 1. The fourth-order valence-electron chi connectivity index (χ4n) is 10.0. The van der Waals surface area contributed by atoms with E-state index in [0.717, 1.165) is 83.5 Å². The van der Waals surface area contributed by atoms with Gasteiger partial charge >= 0.3 is 5.97 Å². The number of aliphatic hydroxyl groups excluding tert-OH is 2. The van der Waals surface area contributed by atoms with Crippen LogP contribution in [0.15, 0.2) is 48.6 Å². The van der Waals surface area contributed by atoms with Crippen LogP contribution >= 0.6 is 0 Å². The number of allylic oxidation sites excluding steroid dienone is 7. The first-order valence-electron chi connectivity index (χ1n) is 32.9. The Balaban J connectivity index is 3.51. The van der Waals surface area contributed by atoms with Crippen molar-refractivity contribution in [1.29, 1.82) is 0 Å². The molecular formula is C68H127NO5. The molecule has 74 heavy (non-hydrogen) atoms. The molecule has 1 amide bonds. The molecule has 0 aromatic rings. The van der Waals surface area contributed by atoms with Gasteiger partial charge in [-0.15, -0.1) is 0 Å². The van der Waals surface area contributed by atoms with E-state index in [2.05, 4.69) is 55.6 Å². The number of rotatable bonds is 61. The first-order chi connectivity index (χ1) is 36.5. The maximum Gasteiger partial charge on any atom is 0.305 e. The van der Waals surface area contributed by atoms with E-state index in [4.69, 9.17) is 4.74 Å². The van der Waals surface area contributed by atoms with Crippen molar-refractivity contribution in [3.63, 3.8) is 0 Å². The maximum atomic E-state index is 12.5. The number of carbonyl (C=O) groups excluding carboxylic acids is 2. The van der Waals surface area contributed by atoms with Gasteiger partial charge in [-0.25, -0.2) is 0 Å². The molecule has 434 valence electrons. The van der Waals surface area contributed by atoms with Crippen molar-refractivity contribution in [3.8, 4) is 0 Å². The molecule has 0 aromatic heterocycles. The molecule has 0 aliphatic carbocycles. The van der Waals surface area contributed by atoms with Crippen LogP contribution in [0.1, 0.15) is 348 Å². The summed E-state index contributed by atoms with van der Waals surface area (Å²) in [4.78, 5) is 24.6. The Kier molecular flexibility index (Phi) is 61.5. The summed E-state index contributed by atoms with van der Waals surface area (Å²) >= 11 is 0.